The Morgan fingerprint density at radius 2 is 1.58 bits per heavy atom. The predicted octanol–water partition coefficient (Wildman–Crippen LogP) is 4.93. The summed E-state index contributed by atoms with van der Waals surface area (Å²) in [5, 5.41) is 0. The third-order valence-electron chi connectivity index (χ3n) is 2.92. The molecule has 1 nitrogen and oxygen atoms in total. The van der Waals surface area contributed by atoms with Crippen LogP contribution in [0.25, 0.3) is 11.1 Å². The molecule has 2 aromatic rings. The molecule has 1 atom stereocenters. The molecule has 2 aromatic carbocycles. The van der Waals surface area contributed by atoms with E-state index < -0.39 is 0 Å². The lowest BCUT2D eigenvalue weighted by Crippen LogP contribution is -2.14. The Hall–Kier alpha value is -1.12. The van der Waals surface area contributed by atoms with E-state index in [1.807, 2.05) is 42.5 Å². The number of carbonyl (C=O) groups excluding carboxylic acids is 1. The Morgan fingerprint density at radius 1 is 1.00 bits per heavy atom. The zero-order valence-corrected chi connectivity index (χ0v) is 12.7. The molecule has 1 unspecified atom stereocenters. The van der Waals surface area contributed by atoms with Crippen molar-refractivity contribution in [2.24, 2.45) is 0 Å². The Bertz CT molecular complexity index is 536. The maximum Gasteiger partial charge on any atom is 0.176 e. The van der Waals surface area contributed by atoms with Gasteiger partial charge in [-0.25, -0.2) is 0 Å². The number of rotatable bonds is 5. The van der Waals surface area contributed by atoms with Crippen molar-refractivity contribution in [3.05, 3.63) is 60.2 Å². The second kappa shape index (κ2) is 6.88. The molecule has 0 spiro atoms. The highest BCUT2D eigenvalue weighted by molar-refractivity contribution is 9.10. The molecule has 0 aliphatic heterocycles. The number of hydrogen-bond acceptors (Lipinski definition) is 1. The van der Waals surface area contributed by atoms with E-state index >= 15 is 0 Å². The Morgan fingerprint density at radius 3 is 2.16 bits per heavy atom. The zero-order valence-electron chi connectivity index (χ0n) is 10.4. The van der Waals surface area contributed by atoms with Crippen LogP contribution in [0.4, 0.5) is 0 Å². The van der Waals surface area contributed by atoms with E-state index in [4.69, 9.17) is 11.6 Å². The first-order chi connectivity index (χ1) is 9.22. The fourth-order valence-corrected chi connectivity index (χ4v) is 2.84. The van der Waals surface area contributed by atoms with E-state index in [1.54, 1.807) is 0 Å². The van der Waals surface area contributed by atoms with Crippen LogP contribution in [0, 0.1) is 0 Å². The Kier molecular flexibility index (Phi) is 5.17. The lowest BCUT2D eigenvalue weighted by molar-refractivity contribution is 0.0990. The van der Waals surface area contributed by atoms with Crippen molar-refractivity contribution in [1.82, 2.24) is 0 Å². The first kappa shape index (κ1) is 14.3. The van der Waals surface area contributed by atoms with Crippen LogP contribution in [0.15, 0.2) is 54.6 Å². The molecule has 0 saturated carbocycles. The van der Waals surface area contributed by atoms with Gasteiger partial charge in [-0.05, 0) is 17.5 Å². The molecule has 0 fully saturated rings. The topological polar surface area (TPSA) is 17.1 Å². The largest absolute Gasteiger partial charge is 0.293 e. The minimum absolute atomic E-state index is 0.0836. The number of carbonyl (C=O) groups is 1. The number of benzene rings is 2. The summed E-state index contributed by atoms with van der Waals surface area (Å²) in [6.45, 7) is 0. The highest BCUT2D eigenvalue weighted by Gasteiger charge is 2.16. The van der Waals surface area contributed by atoms with Gasteiger partial charge in [0.25, 0.3) is 0 Å². The molecule has 0 aliphatic rings. The molecule has 0 bridgehead atoms. The van der Waals surface area contributed by atoms with Gasteiger partial charge < -0.3 is 0 Å². The van der Waals surface area contributed by atoms with Crippen molar-refractivity contribution in [3.8, 4) is 11.1 Å². The Balaban J connectivity index is 2.17. The quantitative estimate of drug-likeness (QED) is 0.558. The summed E-state index contributed by atoms with van der Waals surface area (Å²) in [5.74, 6) is 0.560. The summed E-state index contributed by atoms with van der Waals surface area (Å²) in [6, 6.07) is 17.8. The second-order valence-corrected chi connectivity index (χ2v) is 5.74. The molecule has 19 heavy (non-hydrogen) atoms. The average molecular weight is 338 g/mol. The number of ketones is 1. The van der Waals surface area contributed by atoms with Crippen LogP contribution in [-0.4, -0.2) is 16.5 Å². The fraction of sp³-hybridized carbons (Fsp3) is 0.188. The van der Waals surface area contributed by atoms with E-state index in [1.165, 1.54) is 0 Å². The zero-order chi connectivity index (χ0) is 13.7. The van der Waals surface area contributed by atoms with Crippen molar-refractivity contribution >= 4 is 33.3 Å². The molecule has 0 radical (unpaired) electrons. The highest BCUT2D eigenvalue weighted by atomic mass is 79.9. The van der Waals surface area contributed by atoms with Gasteiger partial charge in [0.05, 0.1) is 4.83 Å². The number of Topliss-reactive ketones (excluding diaryl/α,β-unsaturated/α-hetero) is 1. The lowest BCUT2D eigenvalue weighted by Gasteiger charge is -2.08. The van der Waals surface area contributed by atoms with Gasteiger partial charge in [0.1, 0.15) is 0 Å². The molecule has 0 amide bonds. The van der Waals surface area contributed by atoms with E-state index in [0.717, 1.165) is 11.1 Å². The number of halogens is 2. The van der Waals surface area contributed by atoms with E-state index in [0.29, 0.717) is 17.9 Å². The van der Waals surface area contributed by atoms with Gasteiger partial charge in [-0.1, -0.05) is 70.5 Å². The first-order valence-corrected chi connectivity index (χ1v) is 7.57. The van der Waals surface area contributed by atoms with Gasteiger partial charge in [-0.3, -0.25) is 4.79 Å². The summed E-state index contributed by atoms with van der Waals surface area (Å²) in [6.07, 6.45) is 0.640. The third kappa shape index (κ3) is 3.68. The number of alkyl halides is 2. The Labute approximate surface area is 126 Å². The molecule has 0 aromatic heterocycles. The van der Waals surface area contributed by atoms with Crippen molar-refractivity contribution in [1.29, 1.82) is 0 Å². The molecule has 2 rings (SSSR count). The van der Waals surface area contributed by atoms with Gasteiger partial charge >= 0.3 is 0 Å². The van der Waals surface area contributed by atoms with Crippen molar-refractivity contribution in [3.63, 3.8) is 0 Å². The smallest absolute Gasteiger partial charge is 0.176 e. The lowest BCUT2D eigenvalue weighted by atomic mass is 10.0. The first-order valence-electron chi connectivity index (χ1n) is 6.12. The van der Waals surface area contributed by atoms with Crippen LogP contribution in [0.2, 0.25) is 0 Å². The minimum atomic E-state index is -0.201. The van der Waals surface area contributed by atoms with Crippen LogP contribution < -0.4 is 0 Å². The summed E-state index contributed by atoms with van der Waals surface area (Å²) >= 11 is 9.02. The van der Waals surface area contributed by atoms with Gasteiger partial charge in [0, 0.05) is 11.4 Å². The monoisotopic (exact) mass is 336 g/mol. The maximum absolute atomic E-state index is 12.1. The molecule has 98 valence electrons. The van der Waals surface area contributed by atoms with Crippen molar-refractivity contribution in [2.45, 2.75) is 11.2 Å². The summed E-state index contributed by atoms with van der Waals surface area (Å²) in [7, 11) is 0. The van der Waals surface area contributed by atoms with Crippen LogP contribution in [0.3, 0.4) is 0 Å². The number of hydrogen-bond donors (Lipinski definition) is 0. The maximum atomic E-state index is 12.1. The molecule has 3 heteroatoms. The van der Waals surface area contributed by atoms with Crippen molar-refractivity contribution in [2.75, 3.05) is 5.88 Å². The van der Waals surface area contributed by atoms with E-state index in [9.17, 15) is 4.79 Å². The molecular formula is C16H14BrClO. The van der Waals surface area contributed by atoms with Gasteiger partial charge in [0.15, 0.2) is 5.78 Å². The standard InChI is InChI=1S/C16H14BrClO/c17-15(10-11-18)16(19)14-8-6-13(7-9-14)12-4-2-1-3-5-12/h1-9,15H,10-11H2. The van der Waals surface area contributed by atoms with Crippen LogP contribution in [-0.2, 0) is 0 Å². The predicted molar refractivity (Wildman–Crippen MR) is 84.3 cm³/mol. The third-order valence-corrected chi connectivity index (χ3v) is 4.02. The SMILES string of the molecule is O=C(c1ccc(-c2ccccc2)cc1)C(Br)CCCl. The summed E-state index contributed by atoms with van der Waals surface area (Å²) in [4.78, 5) is 11.9. The van der Waals surface area contributed by atoms with E-state index in [-0.39, 0.29) is 10.6 Å². The normalized spacial score (nSPS) is 12.1. The van der Waals surface area contributed by atoms with Gasteiger partial charge in [-0.15, -0.1) is 11.6 Å². The summed E-state index contributed by atoms with van der Waals surface area (Å²) in [5.41, 5.74) is 2.98. The highest BCUT2D eigenvalue weighted by Crippen LogP contribution is 2.21. The molecular weight excluding hydrogens is 324 g/mol. The molecule has 0 heterocycles. The van der Waals surface area contributed by atoms with Crippen LogP contribution in [0.1, 0.15) is 16.8 Å². The second-order valence-electron chi connectivity index (χ2n) is 4.25. The minimum Gasteiger partial charge on any atom is -0.293 e. The fourth-order valence-electron chi connectivity index (χ4n) is 1.87. The van der Waals surface area contributed by atoms with Gasteiger partial charge in [-0.2, -0.15) is 0 Å². The van der Waals surface area contributed by atoms with Crippen LogP contribution >= 0.6 is 27.5 Å². The van der Waals surface area contributed by atoms with Crippen LogP contribution in [0.5, 0.6) is 0 Å². The van der Waals surface area contributed by atoms with Gasteiger partial charge in [0.2, 0.25) is 0 Å². The molecule has 0 N–H and O–H groups in total. The molecule has 0 aliphatic carbocycles. The van der Waals surface area contributed by atoms with Crippen molar-refractivity contribution < 1.29 is 4.79 Å². The molecule has 0 saturated heterocycles. The average Bonchev–Trinajstić information content (AvgIpc) is 2.48. The summed E-state index contributed by atoms with van der Waals surface area (Å²) < 4.78 is 0. The van der Waals surface area contributed by atoms with E-state index in [2.05, 4.69) is 28.1 Å².